The van der Waals surface area contributed by atoms with Crippen LogP contribution >= 0.6 is 23.5 Å². The van der Waals surface area contributed by atoms with Crippen LogP contribution in [0, 0.1) is 6.92 Å². The Balaban J connectivity index is 1.13. The summed E-state index contributed by atoms with van der Waals surface area (Å²) in [5.41, 5.74) is 7.07. The fourth-order valence-corrected chi connectivity index (χ4v) is 6.42. The Morgan fingerprint density at radius 1 is 0.842 bits per heavy atom. The number of carbonyl (C=O) groups excluding carboxylic acids is 1. The highest BCUT2D eigenvalue weighted by molar-refractivity contribution is 8.00. The first-order valence-corrected chi connectivity index (χ1v) is 14.8. The van der Waals surface area contributed by atoms with Crippen molar-refractivity contribution in [2.45, 2.75) is 35.1 Å². The Morgan fingerprint density at radius 3 is 2.24 bits per heavy atom. The van der Waals surface area contributed by atoms with E-state index in [1.807, 2.05) is 36.4 Å². The van der Waals surface area contributed by atoms with Crippen LogP contribution in [0.25, 0.3) is 11.0 Å². The Morgan fingerprint density at radius 2 is 1.53 bits per heavy atom. The number of aromatic amines is 1. The zero-order valence-corrected chi connectivity index (χ0v) is 23.0. The Hall–Kier alpha value is -3.48. The molecule has 38 heavy (non-hydrogen) atoms. The lowest BCUT2D eigenvalue weighted by molar-refractivity contribution is -0.118. The molecule has 192 valence electrons. The third-order valence-corrected chi connectivity index (χ3v) is 8.73. The summed E-state index contributed by atoms with van der Waals surface area (Å²) in [5.74, 6) is 1.56. The highest BCUT2D eigenvalue weighted by Gasteiger charge is 2.15. The molecule has 0 aliphatic carbocycles. The highest BCUT2D eigenvalue weighted by Crippen LogP contribution is 2.30. The van der Waals surface area contributed by atoms with Crippen LogP contribution in [0.3, 0.4) is 0 Å². The smallest absolute Gasteiger partial charge is 0.230 e. The molecule has 5 aromatic rings. The molecule has 4 aromatic carbocycles. The predicted molar refractivity (Wildman–Crippen MR) is 160 cm³/mol. The largest absolute Gasteiger partial charge is 0.355 e. The number of para-hydroxylation sites is 2. The van der Waals surface area contributed by atoms with Crippen LogP contribution in [0.2, 0.25) is 0 Å². The molecule has 0 unspecified atom stereocenters. The van der Waals surface area contributed by atoms with Gasteiger partial charge in [-0.05, 0) is 53.8 Å². The van der Waals surface area contributed by atoms with Gasteiger partial charge in [0.15, 0.2) is 5.16 Å². The molecule has 0 saturated carbocycles. The van der Waals surface area contributed by atoms with E-state index in [4.69, 9.17) is 0 Å². The minimum atomic E-state index is 0.0660. The molecule has 1 aromatic heterocycles. The second-order valence-corrected chi connectivity index (χ2v) is 11.2. The van der Waals surface area contributed by atoms with Crippen LogP contribution in [0.1, 0.15) is 34.6 Å². The quantitative estimate of drug-likeness (QED) is 0.170. The van der Waals surface area contributed by atoms with Gasteiger partial charge in [-0.15, -0.1) is 11.8 Å². The summed E-state index contributed by atoms with van der Waals surface area (Å²) in [6.45, 7) is 2.78. The maximum Gasteiger partial charge on any atom is 0.230 e. The number of amides is 1. The van der Waals surface area contributed by atoms with Gasteiger partial charge in [0.25, 0.3) is 0 Å². The first-order valence-electron chi connectivity index (χ1n) is 12.8. The molecule has 0 fully saturated rings. The molecular formula is C32H31N3OS2. The number of thioether (sulfide) groups is 2. The zero-order valence-electron chi connectivity index (χ0n) is 21.4. The van der Waals surface area contributed by atoms with E-state index in [0.29, 0.717) is 12.3 Å². The fraction of sp³-hybridized carbons (Fsp3) is 0.188. The summed E-state index contributed by atoms with van der Waals surface area (Å²) in [6.07, 6.45) is 0.859. The van der Waals surface area contributed by atoms with E-state index in [1.54, 1.807) is 23.5 Å². The van der Waals surface area contributed by atoms with Crippen LogP contribution in [-0.2, 0) is 10.5 Å². The highest BCUT2D eigenvalue weighted by atomic mass is 32.2. The summed E-state index contributed by atoms with van der Waals surface area (Å²) in [5, 5.41) is 4.06. The zero-order chi connectivity index (χ0) is 26.2. The van der Waals surface area contributed by atoms with Crippen molar-refractivity contribution in [3.8, 4) is 0 Å². The van der Waals surface area contributed by atoms with Crippen molar-refractivity contribution in [2.75, 3.05) is 12.3 Å². The molecule has 0 atom stereocenters. The number of hydrogen-bond donors (Lipinski definition) is 2. The van der Waals surface area contributed by atoms with Crippen molar-refractivity contribution in [2.24, 2.45) is 0 Å². The molecule has 0 radical (unpaired) electrons. The number of aromatic nitrogens is 2. The van der Waals surface area contributed by atoms with E-state index in [1.165, 1.54) is 22.3 Å². The number of benzene rings is 4. The molecule has 6 heteroatoms. The lowest BCUT2D eigenvalue weighted by Crippen LogP contribution is -2.27. The van der Waals surface area contributed by atoms with Crippen molar-refractivity contribution < 1.29 is 4.79 Å². The van der Waals surface area contributed by atoms with Crippen molar-refractivity contribution in [3.05, 3.63) is 125 Å². The van der Waals surface area contributed by atoms with Gasteiger partial charge in [-0.25, -0.2) is 4.98 Å². The van der Waals surface area contributed by atoms with Crippen molar-refractivity contribution >= 4 is 40.5 Å². The number of H-pyrrole nitrogens is 1. The monoisotopic (exact) mass is 537 g/mol. The van der Waals surface area contributed by atoms with Crippen LogP contribution in [0.4, 0.5) is 0 Å². The Bertz CT molecular complexity index is 1410. The second kappa shape index (κ2) is 12.9. The van der Waals surface area contributed by atoms with Crippen LogP contribution in [-0.4, -0.2) is 28.2 Å². The maximum atomic E-state index is 12.7. The Labute approximate surface area is 232 Å². The van der Waals surface area contributed by atoms with Crippen molar-refractivity contribution in [1.82, 2.24) is 15.3 Å². The SMILES string of the molecule is Cc1c(CSc2nc3ccccc3[nH]2)cccc1SCC(=O)NCCC(c1ccccc1)c1ccccc1. The summed E-state index contributed by atoms with van der Waals surface area (Å²) >= 11 is 3.30. The third-order valence-electron chi connectivity index (χ3n) is 6.65. The van der Waals surface area contributed by atoms with Crippen LogP contribution < -0.4 is 5.32 Å². The van der Waals surface area contributed by atoms with E-state index in [-0.39, 0.29) is 11.8 Å². The minimum Gasteiger partial charge on any atom is -0.355 e. The van der Waals surface area contributed by atoms with Gasteiger partial charge in [0.1, 0.15) is 0 Å². The molecule has 5 rings (SSSR count). The molecule has 0 bridgehead atoms. The van der Waals surface area contributed by atoms with Gasteiger partial charge in [0.05, 0.1) is 16.8 Å². The number of nitrogens with zero attached hydrogens (tertiary/aromatic N) is 1. The average molecular weight is 538 g/mol. The van der Waals surface area contributed by atoms with E-state index >= 15 is 0 Å². The first-order chi connectivity index (χ1) is 18.7. The van der Waals surface area contributed by atoms with Crippen molar-refractivity contribution in [3.63, 3.8) is 0 Å². The Kier molecular flexibility index (Phi) is 8.84. The molecule has 2 N–H and O–H groups in total. The molecule has 1 amide bonds. The van der Waals surface area contributed by atoms with Crippen LogP contribution in [0.5, 0.6) is 0 Å². The summed E-state index contributed by atoms with van der Waals surface area (Å²) < 4.78 is 0. The van der Waals surface area contributed by atoms with Gasteiger partial charge in [0, 0.05) is 23.1 Å². The topological polar surface area (TPSA) is 57.8 Å². The van der Waals surface area contributed by atoms with E-state index in [2.05, 4.69) is 88.9 Å². The van der Waals surface area contributed by atoms with Gasteiger partial charge in [0.2, 0.25) is 5.91 Å². The number of imidazole rings is 1. The summed E-state index contributed by atoms with van der Waals surface area (Å²) in [6, 6.07) is 35.5. The van der Waals surface area contributed by atoms with Gasteiger partial charge in [-0.1, -0.05) is 96.7 Å². The number of rotatable bonds is 11. The van der Waals surface area contributed by atoms with Gasteiger partial charge < -0.3 is 10.3 Å². The number of nitrogens with one attached hydrogen (secondary N) is 2. The predicted octanol–water partition coefficient (Wildman–Crippen LogP) is 7.59. The van der Waals surface area contributed by atoms with Gasteiger partial charge in [-0.2, -0.15) is 0 Å². The third kappa shape index (κ3) is 6.69. The molecule has 0 aliphatic heterocycles. The van der Waals surface area contributed by atoms with Gasteiger partial charge >= 0.3 is 0 Å². The first kappa shape index (κ1) is 26.1. The number of carbonyl (C=O) groups is 1. The molecule has 4 nitrogen and oxygen atoms in total. The standard InChI is InChI=1S/C32H31N3OS2/c1-23-26(21-38-32-34-28-16-8-9-17-29(28)35-32)15-10-18-30(23)37-22-31(36)33-20-19-27(24-11-4-2-5-12-24)25-13-6-3-7-14-25/h2-18,27H,19-22H2,1H3,(H,33,36)(H,34,35). The minimum absolute atomic E-state index is 0.0660. The summed E-state index contributed by atoms with van der Waals surface area (Å²) in [4.78, 5) is 21.9. The van der Waals surface area contributed by atoms with Gasteiger partial charge in [-0.3, -0.25) is 4.79 Å². The molecule has 0 saturated heterocycles. The van der Waals surface area contributed by atoms with E-state index < -0.39 is 0 Å². The van der Waals surface area contributed by atoms with E-state index in [0.717, 1.165) is 33.3 Å². The molecule has 0 aliphatic rings. The fourth-order valence-electron chi connectivity index (χ4n) is 4.56. The normalized spacial score (nSPS) is 11.2. The molecular weight excluding hydrogens is 507 g/mol. The summed E-state index contributed by atoms with van der Waals surface area (Å²) in [7, 11) is 0. The molecule has 0 spiro atoms. The van der Waals surface area contributed by atoms with Crippen LogP contribution in [0.15, 0.2) is 113 Å². The van der Waals surface area contributed by atoms with Crippen molar-refractivity contribution in [1.29, 1.82) is 0 Å². The lowest BCUT2D eigenvalue weighted by atomic mass is 9.88. The second-order valence-electron chi connectivity index (χ2n) is 9.19. The number of fused-ring (bicyclic) bond motifs is 1. The average Bonchev–Trinajstić information content (AvgIpc) is 3.38. The maximum absolute atomic E-state index is 12.7. The number of hydrogen-bond acceptors (Lipinski definition) is 4. The lowest BCUT2D eigenvalue weighted by Gasteiger charge is -2.18. The van der Waals surface area contributed by atoms with E-state index in [9.17, 15) is 4.79 Å². The molecule has 1 heterocycles.